The molecule has 0 saturated carbocycles. The van der Waals surface area contributed by atoms with Crippen molar-refractivity contribution in [1.29, 1.82) is 0 Å². The van der Waals surface area contributed by atoms with Crippen molar-refractivity contribution in [3.63, 3.8) is 0 Å². The standard InChI is InChI=1S/C10H16N2OS/c1-7(2)5-12-4-3-8-9(6-12)13-10(14)11-8/h7H,3-6H2,1-2H3,(H,11,14). The van der Waals surface area contributed by atoms with E-state index in [4.69, 9.17) is 16.6 Å². The average Bonchev–Trinajstić information content (AvgIpc) is 2.42. The van der Waals surface area contributed by atoms with Crippen molar-refractivity contribution in [2.45, 2.75) is 26.8 Å². The Hall–Kier alpha value is -0.610. The molecule has 2 rings (SSSR count). The van der Waals surface area contributed by atoms with Crippen LogP contribution < -0.4 is 0 Å². The third kappa shape index (κ3) is 2.07. The number of hydrogen-bond acceptors (Lipinski definition) is 3. The first-order valence-electron chi connectivity index (χ1n) is 5.08. The van der Waals surface area contributed by atoms with Gasteiger partial charge in [-0.1, -0.05) is 13.8 Å². The molecule has 2 heterocycles. The van der Waals surface area contributed by atoms with E-state index in [1.54, 1.807) is 0 Å². The van der Waals surface area contributed by atoms with Gasteiger partial charge in [-0.25, -0.2) is 0 Å². The third-order valence-corrected chi connectivity index (χ3v) is 2.66. The van der Waals surface area contributed by atoms with Crippen LogP contribution >= 0.6 is 12.2 Å². The minimum atomic E-state index is 0.515. The Kier molecular flexibility index (Phi) is 2.74. The molecule has 14 heavy (non-hydrogen) atoms. The molecule has 0 unspecified atom stereocenters. The highest BCUT2D eigenvalue weighted by molar-refractivity contribution is 7.71. The van der Waals surface area contributed by atoms with Gasteiger partial charge in [-0.15, -0.1) is 0 Å². The molecule has 1 aliphatic rings. The third-order valence-electron chi connectivity index (χ3n) is 2.47. The lowest BCUT2D eigenvalue weighted by Crippen LogP contribution is -2.33. The van der Waals surface area contributed by atoms with Crippen LogP contribution in [0, 0.1) is 10.8 Å². The van der Waals surface area contributed by atoms with Crippen LogP contribution in [0.2, 0.25) is 0 Å². The highest BCUT2D eigenvalue weighted by atomic mass is 32.1. The number of nitrogens with one attached hydrogen (secondary N) is 1. The summed E-state index contributed by atoms with van der Waals surface area (Å²) >= 11 is 4.97. The highest BCUT2D eigenvalue weighted by Crippen LogP contribution is 2.18. The molecule has 78 valence electrons. The van der Waals surface area contributed by atoms with E-state index in [0.29, 0.717) is 10.8 Å². The first-order valence-corrected chi connectivity index (χ1v) is 5.49. The second kappa shape index (κ2) is 3.87. The molecule has 0 spiro atoms. The molecular formula is C10H16N2OS. The van der Waals surface area contributed by atoms with Gasteiger partial charge < -0.3 is 9.40 Å². The van der Waals surface area contributed by atoms with E-state index in [9.17, 15) is 0 Å². The SMILES string of the molecule is CC(C)CN1CCc2[nH]c(=S)oc2C1. The van der Waals surface area contributed by atoms with Gasteiger partial charge in [0, 0.05) is 19.5 Å². The quantitative estimate of drug-likeness (QED) is 0.764. The Bertz CT molecular complexity index is 366. The van der Waals surface area contributed by atoms with Gasteiger partial charge in [0.2, 0.25) is 0 Å². The number of H-pyrrole nitrogens is 1. The van der Waals surface area contributed by atoms with Gasteiger partial charge in [0.1, 0.15) is 5.76 Å². The maximum absolute atomic E-state index is 5.44. The zero-order valence-corrected chi connectivity index (χ0v) is 9.49. The lowest BCUT2D eigenvalue weighted by atomic mass is 10.1. The number of aromatic nitrogens is 1. The molecule has 0 radical (unpaired) electrons. The summed E-state index contributed by atoms with van der Waals surface area (Å²) in [4.78, 5) is 6.02. The normalized spacial score (nSPS) is 17.4. The Morgan fingerprint density at radius 2 is 2.36 bits per heavy atom. The van der Waals surface area contributed by atoms with E-state index in [0.717, 1.165) is 31.8 Å². The number of aromatic amines is 1. The molecule has 0 saturated heterocycles. The van der Waals surface area contributed by atoms with Gasteiger partial charge in [-0.3, -0.25) is 4.90 Å². The predicted molar refractivity (Wildman–Crippen MR) is 57.7 cm³/mol. The van der Waals surface area contributed by atoms with E-state index >= 15 is 0 Å². The summed E-state index contributed by atoms with van der Waals surface area (Å²) in [6.45, 7) is 7.62. The Balaban J connectivity index is 2.09. The van der Waals surface area contributed by atoms with E-state index in [2.05, 4.69) is 23.7 Å². The maximum Gasteiger partial charge on any atom is 0.266 e. The van der Waals surface area contributed by atoms with Gasteiger partial charge in [0.25, 0.3) is 4.84 Å². The second-order valence-electron chi connectivity index (χ2n) is 4.30. The summed E-state index contributed by atoms with van der Waals surface area (Å²) in [5.74, 6) is 1.74. The van der Waals surface area contributed by atoms with Crippen LogP contribution in [-0.2, 0) is 13.0 Å². The highest BCUT2D eigenvalue weighted by Gasteiger charge is 2.20. The minimum absolute atomic E-state index is 0.515. The maximum atomic E-state index is 5.44. The average molecular weight is 212 g/mol. The zero-order chi connectivity index (χ0) is 10.1. The fourth-order valence-electron chi connectivity index (χ4n) is 1.95. The fourth-order valence-corrected chi connectivity index (χ4v) is 2.17. The monoisotopic (exact) mass is 212 g/mol. The van der Waals surface area contributed by atoms with E-state index < -0.39 is 0 Å². The minimum Gasteiger partial charge on any atom is -0.433 e. The van der Waals surface area contributed by atoms with Crippen molar-refractivity contribution in [1.82, 2.24) is 9.88 Å². The number of nitrogens with zero attached hydrogens (tertiary/aromatic N) is 1. The molecule has 0 bridgehead atoms. The summed E-state index contributed by atoms with van der Waals surface area (Å²) in [6, 6.07) is 0. The van der Waals surface area contributed by atoms with Crippen molar-refractivity contribution >= 4 is 12.2 Å². The first-order chi connectivity index (χ1) is 6.65. The second-order valence-corrected chi connectivity index (χ2v) is 4.67. The fraction of sp³-hybridized carbons (Fsp3) is 0.700. The van der Waals surface area contributed by atoms with Crippen LogP contribution in [0.3, 0.4) is 0 Å². The molecule has 4 heteroatoms. The van der Waals surface area contributed by atoms with Crippen LogP contribution in [0.25, 0.3) is 0 Å². The molecule has 0 aliphatic carbocycles. The van der Waals surface area contributed by atoms with Gasteiger partial charge in [0.05, 0.1) is 12.2 Å². The Morgan fingerprint density at radius 1 is 1.57 bits per heavy atom. The van der Waals surface area contributed by atoms with Crippen LogP contribution in [0.4, 0.5) is 0 Å². The van der Waals surface area contributed by atoms with Gasteiger partial charge >= 0.3 is 0 Å². The van der Waals surface area contributed by atoms with Crippen LogP contribution in [0.5, 0.6) is 0 Å². The molecule has 0 aromatic carbocycles. The first kappa shape index (κ1) is 9.93. The van der Waals surface area contributed by atoms with Gasteiger partial charge in [-0.2, -0.15) is 0 Å². The molecule has 1 aromatic rings. The van der Waals surface area contributed by atoms with E-state index in [-0.39, 0.29) is 0 Å². The van der Waals surface area contributed by atoms with Crippen LogP contribution in [-0.4, -0.2) is 23.0 Å². The molecule has 0 atom stereocenters. The molecule has 1 aliphatic heterocycles. The van der Waals surface area contributed by atoms with Gasteiger partial charge in [0.15, 0.2) is 0 Å². The molecule has 3 nitrogen and oxygen atoms in total. The van der Waals surface area contributed by atoms with Crippen molar-refractivity contribution in [2.75, 3.05) is 13.1 Å². The molecule has 0 fully saturated rings. The summed E-state index contributed by atoms with van der Waals surface area (Å²) in [5, 5.41) is 0. The van der Waals surface area contributed by atoms with Crippen LogP contribution in [0.1, 0.15) is 25.3 Å². The molecule has 0 amide bonds. The zero-order valence-electron chi connectivity index (χ0n) is 8.67. The number of oxazole rings is 1. The number of fused-ring (bicyclic) bond motifs is 1. The van der Waals surface area contributed by atoms with Crippen molar-refractivity contribution in [3.05, 3.63) is 16.3 Å². The summed E-state index contributed by atoms with van der Waals surface area (Å²) in [5.41, 5.74) is 1.19. The number of hydrogen-bond donors (Lipinski definition) is 1. The Labute approximate surface area is 89.1 Å². The number of rotatable bonds is 2. The van der Waals surface area contributed by atoms with Gasteiger partial charge in [-0.05, 0) is 18.1 Å². The molecule has 1 aromatic heterocycles. The summed E-state index contributed by atoms with van der Waals surface area (Å²) in [6.07, 6.45) is 1.03. The van der Waals surface area contributed by atoms with E-state index in [1.165, 1.54) is 5.69 Å². The smallest absolute Gasteiger partial charge is 0.266 e. The van der Waals surface area contributed by atoms with Crippen molar-refractivity contribution in [2.24, 2.45) is 5.92 Å². The lowest BCUT2D eigenvalue weighted by molar-refractivity contribution is 0.205. The Morgan fingerprint density at radius 3 is 3.07 bits per heavy atom. The summed E-state index contributed by atoms with van der Waals surface area (Å²) < 4.78 is 5.44. The molecular weight excluding hydrogens is 196 g/mol. The largest absolute Gasteiger partial charge is 0.433 e. The van der Waals surface area contributed by atoms with Crippen LogP contribution in [0.15, 0.2) is 4.42 Å². The molecule has 1 N–H and O–H groups in total. The lowest BCUT2D eigenvalue weighted by Gasteiger charge is -2.26. The predicted octanol–water partition coefficient (Wildman–Crippen LogP) is 2.35. The van der Waals surface area contributed by atoms with E-state index in [1.807, 2.05) is 0 Å². The van der Waals surface area contributed by atoms with Crippen molar-refractivity contribution < 1.29 is 4.42 Å². The summed E-state index contributed by atoms with van der Waals surface area (Å²) in [7, 11) is 0. The topological polar surface area (TPSA) is 32.2 Å². The van der Waals surface area contributed by atoms with Crippen molar-refractivity contribution in [3.8, 4) is 0 Å².